The molecule has 0 radical (unpaired) electrons. The number of hydrogen-bond acceptors (Lipinski definition) is 0. The zero-order valence-corrected chi connectivity index (χ0v) is 81.8. The Kier molecular flexibility index (Phi) is 26.6. The summed E-state index contributed by atoms with van der Waals surface area (Å²) in [6.45, 7) is 59.8. The Morgan fingerprint density at radius 3 is 0.636 bits per heavy atom. The largest absolute Gasteiger partial charge is 0.309 e. The molecule has 0 unspecified atom stereocenters. The van der Waals surface area contributed by atoms with Crippen LogP contribution in [0.4, 0.5) is 0 Å². The zero-order chi connectivity index (χ0) is 92.0. The zero-order valence-electron chi connectivity index (χ0n) is 81.8. The Morgan fingerprint density at radius 2 is 0.395 bits per heavy atom. The van der Waals surface area contributed by atoms with E-state index in [2.05, 4.69) is 481 Å². The van der Waals surface area contributed by atoms with Crippen molar-refractivity contribution in [1.29, 1.82) is 0 Å². The predicted octanol–water partition coefficient (Wildman–Crippen LogP) is 36.6. The summed E-state index contributed by atoms with van der Waals surface area (Å²) in [5, 5.41) is 5.18. The van der Waals surface area contributed by atoms with E-state index in [1.165, 1.54) is 272 Å². The van der Waals surface area contributed by atoms with Gasteiger partial charge in [0.2, 0.25) is 0 Å². The van der Waals surface area contributed by atoms with Crippen LogP contribution in [0.1, 0.15) is 207 Å². The SMILES string of the molecule is Cc1cc(C)cc(-c2ccc3c(c2)c2cc(-c4cc(C)cc(C)c4)ccc2n3-c2c(C)cc(C(C)C)cc2C)c1.Cc1cc(C)cc(-c2ccc3c(c2)c2cc(-c4cc(C)cc(C)c4)ccc2n3-c2ccc(C(C)C)cc2C)c1.Cc1ccc(-c2cc(-c3ccc(C)cc3C)cc(C(C)C)c2)c(C)c1.Cc1ccc(-c2cc(-c3ccc(C)cc3C)cc(C(C)C)c2)c(C)c1. The first-order chi connectivity index (χ1) is 61.4. The van der Waals surface area contributed by atoms with Gasteiger partial charge in [0.05, 0.1) is 27.8 Å². The van der Waals surface area contributed by atoms with Crippen LogP contribution in [0, 0.1) is 132 Å². The van der Waals surface area contributed by atoms with Crippen LogP contribution in [-0.2, 0) is 0 Å². The fraction of sp³-hybridized carbons (Fsp3) is 0.244. The fourth-order valence-corrected chi connectivity index (χ4v) is 19.9. The van der Waals surface area contributed by atoms with Gasteiger partial charge < -0.3 is 9.13 Å². The first-order valence-electron chi connectivity index (χ1n) is 46.8. The van der Waals surface area contributed by atoms with Gasteiger partial charge in [-0.25, -0.2) is 0 Å². The van der Waals surface area contributed by atoms with Crippen molar-refractivity contribution in [1.82, 2.24) is 9.13 Å². The minimum absolute atomic E-state index is 0.505. The van der Waals surface area contributed by atoms with Gasteiger partial charge in [-0.05, 0) is 372 Å². The maximum Gasteiger partial charge on any atom is 0.0541 e. The molecule has 650 valence electrons. The van der Waals surface area contributed by atoms with Gasteiger partial charge in [0.25, 0.3) is 0 Å². The number of nitrogens with zero attached hydrogens (tertiary/aromatic N) is 2. The van der Waals surface area contributed by atoms with E-state index in [9.17, 15) is 0 Å². The number of fused-ring (bicyclic) bond motifs is 6. The molecule has 0 amide bonds. The predicted molar refractivity (Wildman–Crippen MR) is 564 cm³/mol. The van der Waals surface area contributed by atoms with Gasteiger partial charge in [-0.1, -0.05) is 341 Å². The van der Waals surface area contributed by atoms with Crippen LogP contribution in [0.5, 0.6) is 0 Å². The molecule has 0 aliphatic rings. The molecule has 0 bridgehead atoms. The van der Waals surface area contributed by atoms with Crippen molar-refractivity contribution in [2.45, 2.75) is 211 Å². The summed E-state index contributed by atoms with van der Waals surface area (Å²) in [6.07, 6.45) is 0. The molecule has 2 heteroatoms. The molecule has 2 nitrogen and oxygen atoms in total. The summed E-state index contributed by atoms with van der Waals surface area (Å²) in [7, 11) is 0. The lowest BCUT2D eigenvalue weighted by atomic mass is 9.89. The summed E-state index contributed by atoms with van der Waals surface area (Å²) in [5.41, 5.74) is 58.8. The lowest BCUT2D eigenvalue weighted by Gasteiger charge is -2.18. The summed E-state index contributed by atoms with van der Waals surface area (Å²) >= 11 is 0. The number of hydrogen-bond donors (Lipinski definition) is 0. The first kappa shape index (κ1) is 90.9. The first-order valence-corrected chi connectivity index (χ1v) is 46.8. The highest BCUT2D eigenvalue weighted by molar-refractivity contribution is 6.13. The van der Waals surface area contributed by atoms with Crippen LogP contribution in [0.3, 0.4) is 0 Å². The van der Waals surface area contributed by atoms with Crippen molar-refractivity contribution in [2.24, 2.45) is 0 Å². The third-order valence-corrected chi connectivity index (χ3v) is 26.3. The number of benzene rings is 16. The monoisotopic (exact) mass is 1690 g/mol. The summed E-state index contributed by atoms with van der Waals surface area (Å²) < 4.78 is 4.96. The van der Waals surface area contributed by atoms with Crippen LogP contribution in [0.2, 0.25) is 0 Å². The van der Waals surface area contributed by atoms with Gasteiger partial charge >= 0.3 is 0 Å². The van der Waals surface area contributed by atoms with E-state index in [-0.39, 0.29) is 0 Å². The Morgan fingerprint density at radius 1 is 0.155 bits per heavy atom. The molecule has 0 saturated carbocycles. The Hall–Kier alpha value is -12.9. The third kappa shape index (κ3) is 19.9. The number of aromatic nitrogens is 2. The Labute approximate surface area is 771 Å². The smallest absolute Gasteiger partial charge is 0.0541 e. The Bertz CT molecular complexity index is 6710. The van der Waals surface area contributed by atoms with Gasteiger partial charge in [0.15, 0.2) is 0 Å². The second-order valence-electron chi connectivity index (χ2n) is 39.2. The van der Waals surface area contributed by atoms with E-state index in [1.54, 1.807) is 0 Å². The number of rotatable bonds is 14. The molecule has 0 saturated heterocycles. The normalized spacial score (nSPS) is 11.5. The van der Waals surface area contributed by atoms with Crippen LogP contribution in [0.15, 0.2) is 285 Å². The van der Waals surface area contributed by atoms with Gasteiger partial charge in [0, 0.05) is 27.2 Å². The number of aryl methyl sites for hydroxylation is 19. The molecule has 129 heavy (non-hydrogen) atoms. The molecule has 2 aromatic heterocycles. The second-order valence-corrected chi connectivity index (χ2v) is 39.2. The average Bonchev–Trinajstić information content (AvgIpc) is 1.58. The molecule has 0 atom stereocenters. The van der Waals surface area contributed by atoms with E-state index in [4.69, 9.17) is 0 Å². The standard InChI is InChI=1S/C39H39N.C38H37N.2C25H28/c1-23(2)32-19-28(7)39(29(8)20-32)40-37-11-9-30(33-15-24(3)13-25(4)16-33)21-35(37)36-22-31(10-12-38(36)40)34-17-26(5)14-27(6)18-34;1-23(2)29-8-11-36(28(7)20-29)39-37-12-9-30(32-16-24(3)14-25(4)17-32)21-34(37)35-22-31(10-13-38(35)39)33-18-26(5)15-27(6)19-33;2*1-16(2)21-13-22(24-9-7-17(3)11-19(24)5)15-23(14-21)25-10-8-18(4)12-20(25)6/h9-23H,1-8H3;8-23H,1-7H3;2*7-16H,1-6H3. The van der Waals surface area contributed by atoms with E-state index < -0.39 is 0 Å². The van der Waals surface area contributed by atoms with Crippen LogP contribution in [0.25, 0.3) is 144 Å². The maximum atomic E-state index is 2.50. The molecule has 18 aromatic rings. The molecule has 0 spiro atoms. The van der Waals surface area contributed by atoms with Crippen molar-refractivity contribution in [2.75, 3.05) is 0 Å². The summed E-state index contributed by atoms with van der Waals surface area (Å²) in [5.74, 6) is 2.03. The second kappa shape index (κ2) is 37.8. The van der Waals surface area contributed by atoms with E-state index in [1.807, 2.05) is 0 Å². The summed E-state index contributed by atoms with van der Waals surface area (Å²) in [6, 6.07) is 108. The highest BCUT2D eigenvalue weighted by atomic mass is 15.0. The highest BCUT2D eigenvalue weighted by Crippen LogP contribution is 2.44. The fourth-order valence-electron chi connectivity index (χ4n) is 19.9. The molecule has 0 aliphatic heterocycles. The van der Waals surface area contributed by atoms with Crippen LogP contribution >= 0.6 is 0 Å². The quantitative estimate of drug-likeness (QED) is 0.103. The Balaban J connectivity index is 0.000000135. The molecule has 18 rings (SSSR count). The minimum Gasteiger partial charge on any atom is -0.309 e. The lowest BCUT2D eigenvalue weighted by Crippen LogP contribution is -2.02. The minimum atomic E-state index is 0.505. The van der Waals surface area contributed by atoms with Crippen LogP contribution < -0.4 is 0 Å². The topological polar surface area (TPSA) is 9.86 Å². The summed E-state index contributed by atoms with van der Waals surface area (Å²) in [4.78, 5) is 0. The van der Waals surface area contributed by atoms with Gasteiger partial charge in [-0.3, -0.25) is 0 Å². The van der Waals surface area contributed by atoms with Crippen molar-refractivity contribution in [3.8, 4) is 100 Å². The van der Waals surface area contributed by atoms with Gasteiger partial charge in [-0.15, -0.1) is 0 Å². The van der Waals surface area contributed by atoms with E-state index in [0.29, 0.717) is 23.7 Å². The molecule has 2 heterocycles. The highest BCUT2D eigenvalue weighted by Gasteiger charge is 2.23. The van der Waals surface area contributed by atoms with E-state index >= 15 is 0 Å². The third-order valence-electron chi connectivity index (χ3n) is 26.3. The average molecular weight is 1690 g/mol. The van der Waals surface area contributed by atoms with Gasteiger partial charge in [0.1, 0.15) is 0 Å². The van der Waals surface area contributed by atoms with Crippen molar-refractivity contribution in [3.05, 3.63) is 413 Å². The molecule has 0 N–H and O–H groups in total. The van der Waals surface area contributed by atoms with Gasteiger partial charge in [-0.2, -0.15) is 0 Å². The molecule has 0 fully saturated rings. The van der Waals surface area contributed by atoms with Crippen molar-refractivity contribution in [3.63, 3.8) is 0 Å². The van der Waals surface area contributed by atoms with Crippen LogP contribution in [-0.4, -0.2) is 9.13 Å². The van der Waals surface area contributed by atoms with Crippen molar-refractivity contribution >= 4 is 43.6 Å². The molecule has 0 aliphatic carbocycles. The molecule has 16 aromatic carbocycles. The van der Waals surface area contributed by atoms with Crippen molar-refractivity contribution < 1.29 is 0 Å². The lowest BCUT2D eigenvalue weighted by molar-refractivity contribution is 0.861. The molecular weight excluding hydrogens is 1550 g/mol. The van der Waals surface area contributed by atoms with E-state index in [0.717, 1.165) is 0 Å². The molecular formula is C127H132N2. The maximum absolute atomic E-state index is 2.50.